The molecule has 1 N–H and O–H groups in total. The smallest absolute Gasteiger partial charge is 0.220 e. The first-order valence-corrected chi connectivity index (χ1v) is 8.98. The van der Waals surface area contributed by atoms with Gasteiger partial charge in [-0.2, -0.15) is 0 Å². The number of amides is 1. The Bertz CT molecular complexity index is 892. The molecule has 3 rings (SSSR count). The summed E-state index contributed by atoms with van der Waals surface area (Å²) in [6.07, 6.45) is 0.726. The molecular weight excluding hydrogens is 369 g/mol. The van der Waals surface area contributed by atoms with Gasteiger partial charge < -0.3 is 14.5 Å². The number of carbonyl (C=O) groups excluding carboxylic acids is 1. The maximum Gasteiger partial charge on any atom is 0.220 e. The predicted octanol–water partition coefficient (Wildman–Crippen LogP) is 4.87. The highest BCUT2D eigenvalue weighted by Crippen LogP contribution is 2.25. The van der Waals surface area contributed by atoms with Gasteiger partial charge in [-0.15, -0.1) is 0 Å². The molecule has 0 radical (unpaired) electrons. The number of aryl methyl sites for hydroxylation is 1. The van der Waals surface area contributed by atoms with Crippen LogP contribution in [0.5, 0.6) is 5.75 Å². The van der Waals surface area contributed by atoms with Crippen molar-refractivity contribution in [1.82, 2.24) is 5.32 Å². The number of rotatable bonds is 8. The van der Waals surface area contributed by atoms with Gasteiger partial charge in [0.1, 0.15) is 29.7 Å². The molecular formula is C21H19ClFNO3. The molecule has 27 heavy (non-hydrogen) atoms. The minimum absolute atomic E-state index is 0.0986. The van der Waals surface area contributed by atoms with E-state index in [0.717, 1.165) is 0 Å². The Labute approximate surface area is 161 Å². The van der Waals surface area contributed by atoms with E-state index in [2.05, 4.69) is 5.32 Å². The summed E-state index contributed by atoms with van der Waals surface area (Å²) in [5, 5.41) is 3.44. The Balaban J connectivity index is 1.39. The van der Waals surface area contributed by atoms with Gasteiger partial charge in [-0.1, -0.05) is 23.7 Å². The van der Waals surface area contributed by atoms with Crippen molar-refractivity contribution in [2.75, 3.05) is 13.2 Å². The van der Waals surface area contributed by atoms with Crippen LogP contribution in [-0.4, -0.2) is 19.1 Å². The molecule has 0 bridgehead atoms. The summed E-state index contributed by atoms with van der Waals surface area (Å²) in [7, 11) is 0. The van der Waals surface area contributed by atoms with E-state index < -0.39 is 0 Å². The molecule has 0 spiro atoms. The van der Waals surface area contributed by atoms with Crippen LogP contribution in [0.25, 0.3) is 11.3 Å². The standard InChI is InChI=1S/C21H19ClFNO3/c22-15-5-7-16(8-6-15)26-14-13-24-21(25)12-10-17-9-11-20(27-17)18-3-1-2-4-19(18)23/h1-9,11H,10,12-14H2,(H,24,25). The van der Waals surface area contributed by atoms with Crippen molar-refractivity contribution >= 4 is 17.5 Å². The van der Waals surface area contributed by atoms with E-state index in [9.17, 15) is 9.18 Å². The summed E-state index contributed by atoms with van der Waals surface area (Å²) >= 11 is 5.81. The summed E-state index contributed by atoms with van der Waals surface area (Å²) < 4.78 is 24.9. The molecule has 0 unspecified atom stereocenters. The Kier molecular flexibility index (Phi) is 6.49. The molecule has 1 heterocycles. The lowest BCUT2D eigenvalue weighted by Gasteiger charge is -2.07. The third-order valence-corrected chi connectivity index (χ3v) is 4.16. The number of benzene rings is 2. The first-order valence-electron chi connectivity index (χ1n) is 8.60. The van der Waals surface area contributed by atoms with Crippen LogP contribution in [0.1, 0.15) is 12.2 Å². The average Bonchev–Trinajstić information content (AvgIpc) is 3.14. The van der Waals surface area contributed by atoms with E-state index in [4.69, 9.17) is 20.8 Å². The Morgan fingerprint density at radius 1 is 1.07 bits per heavy atom. The monoisotopic (exact) mass is 387 g/mol. The number of hydrogen-bond acceptors (Lipinski definition) is 3. The molecule has 2 aromatic carbocycles. The highest BCUT2D eigenvalue weighted by Gasteiger charge is 2.10. The van der Waals surface area contributed by atoms with Crippen molar-refractivity contribution < 1.29 is 18.3 Å². The van der Waals surface area contributed by atoms with E-state index in [1.165, 1.54) is 6.07 Å². The fourth-order valence-corrected chi connectivity index (χ4v) is 2.66. The van der Waals surface area contributed by atoms with Crippen molar-refractivity contribution in [2.45, 2.75) is 12.8 Å². The summed E-state index contributed by atoms with van der Waals surface area (Å²) in [6, 6.07) is 16.9. The zero-order chi connectivity index (χ0) is 19.1. The molecule has 1 aromatic heterocycles. The van der Waals surface area contributed by atoms with Crippen molar-refractivity contribution in [3.63, 3.8) is 0 Å². The lowest BCUT2D eigenvalue weighted by atomic mass is 10.1. The van der Waals surface area contributed by atoms with Gasteiger partial charge in [0.15, 0.2) is 0 Å². The fourth-order valence-electron chi connectivity index (χ4n) is 2.53. The summed E-state index contributed by atoms with van der Waals surface area (Å²) in [6.45, 7) is 0.769. The van der Waals surface area contributed by atoms with Crippen molar-refractivity contribution in [2.24, 2.45) is 0 Å². The van der Waals surface area contributed by atoms with E-state index in [1.54, 1.807) is 54.6 Å². The molecule has 0 saturated heterocycles. The van der Waals surface area contributed by atoms with Crippen molar-refractivity contribution in [3.8, 4) is 17.1 Å². The van der Waals surface area contributed by atoms with Crippen LogP contribution in [-0.2, 0) is 11.2 Å². The molecule has 0 aliphatic rings. The van der Waals surface area contributed by atoms with Crippen LogP contribution in [0.4, 0.5) is 4.39 Å². The minimum atomic E-state index is -0.336. The van der Waals surface area contributed by atoms with Gasteiger partial charge in [-0.05, 0) is 48.5 Å². The van der Waals surface area contributed by atoms with Crippen LogP contribution in [0.15, 0.2) is 65.1 Å². The van der Waals surface area contributed by atoms with Crippen LogP contribution in [0.3, 0.4) is 0 Å². The van der Waals surface area contributed by atoms with Gasteiger partial charge in [0.05, 0.1) is 12.1 Å². The maximum atomic E-state index is 13.8. The van der Waals surface area contributed by atoms with E-state index in [0.29, 0.717) is 47.4 Å². The first kappa shape index (κ1) is 19.0. The molecule has 0 atom stereocenters. The second-order valence-electron chi connectivity index (χ2n) is 5.90. The molecule has 1 amide bonds. The van der Waals surface area contributed by atoms with Crippen LogP contribution in [0, 0.1) is 5.82 Å². The van der Waals surface area contributed by atoms with Gasteiger partial charge in [0.2, 0.25) is 5.91 Å². The van der Waals surface area contributed by atoms with Gasteiger partial charge in [0, 0.05) is 17.9 Å². The van der Waals surface area contributed by atoms with Crippen molar-refractivity contribution in [1.29, 1.82) is 0 Å². The first-order chi connectivity index (χ1) is 13.1. The summed E-state index contributed by atoms with van der Waals surface area (Å²) in [5.74, 6) is 1.36. The molecule has 0 aliphatic carbocycles. The molecule has 6 heteroatoms. The zero-order valence-corrected chi connectivity index (χ0v) is 15.3. The maximum absolute atomic E-state index is 13.8. The third-order valence-electron chi connectivity index (χ3n) is 3.91. The van der Waals surface area contributed by atoms with Crippen molar-refractivity contribution in [3.05, 3.63) is 77.3 Å². The van der Waals surface area contributed by atoms with Gasteiger partial charge in [-0.3, -0.25) is 4.79 Å². The molecule has 0 aliphatic heterocycles. The van der Waals surface area contributed by atoms with Crippen LogP contribution < -0.4 is 10.1 Å². The topological polar surface area (TPSA) is 51.5 Å². The molecule has 0 fully saturated rings. The fraction of sp³-hybridized carbons (Fsp3) is 0.190. The predicted molar refractivity (Wildman–Crippen MR) is 102 cm³/mol. The normalized spacial score (nSPS) is 10.6. The molecule has 4 nitrogen and oxygen atoms in total. The zero-order valence-electron chi connectivity index (χ0n) is 14.6. The third kappa shape index (κ3) is 5.59. The minimum Gasteiger partial charge on any atom is -0.492 e. The van der Waals surface area contributed by atoms with Crippen LogP contribution in [0.2, 0.25) is 5.02 Å². The number of halogens is 2. The van der Waals surface area contributed by atoms with Gasteiger partial charge in [-0.25, -0.2) is 4.39 Å². The average molecular weight is 388 g/mol. The second-order valence-corrected chi connectivity index (χ2v) is 6.33. The summed E-state index contributed by atoms with van der Waals surface area (Å²) in [5.41, 5.74) is 0.410. The Morgan fingerprint density at radius 3 is 2.63 bits per heavy atom. The SMILES string of the molecule is O=C(CCc1ccc(-c2ccccc2F)o1)NCCOc1ccc(Cl)cc1. The lowest BCUT2D eigenvalue weighted by molar-refractivity contribution is -0.121. The highest BCUT2D eigenvalue weighted by molar-refractivity contribution is 6.30. The Hall–Kier alpha value is -2.79. The van der Waals surface area contributed by atoms with Crippen LogP contribution >= 0.6 is 11.6 Å². The number of hydrogen-bond donors (Lipinski definition) is 1. The van der Waals surface area contributed by atoms with E-state index >= 15 is 0 Å². The molecule has 140 valence electrons. The Morgan fingerprint density at radius 2 is 1.85 bits per heavy atom. The second kappa shape index (κ2) is 9.24. The largest absolute Gasteiger partial charge is 0.492 e. The number of nitrogens with one attached hydrogen (secondary N) is 1. The van der Waals surface area contributed by atoms with Gasteiger partial charge >= 0.3 is 0 Å². The lowest BCUT2D eigenvalue weighted by Crippen LogP contribution is -2.28. The number of ether oxygens (including phenoxy) is 1. The molecule has 0 saturated carbocycles. The van der Waals surface area contributed by atoms with Gasteiger partial charge in [0.25, 0.3) is 0 Å². The quantitative estimate of drug-likeness (QED) is 0.561. The number of carbonyl (C=O) groups is 1. The molecule has 3 aromatic rings. The van der Waals surface area contributed by atoms with E-state index in [-0.39, 0.29) is 18.1 Å². The number of furan rings is 1. The van der Waals surface area contributed by atoms with E-state index in [1.807, 2.05) is 0 Å². The summed E-state index contributed by atoms with van der Waals surface area (Å²) in [4.78, 5) is 11.9. The highest BCUT2D eigenvalue weighted by atomic mass is 35.5.